The summed E-state index contributed by atoms with van der Waals surface area (Å²) in [4.78, 5) is 7.50. The van der Waals surface area contributed by atoms with Crippen molar-refractivity contribution < 1.29 is 13.2 Å². The Kier molecular flexibility index (Phi) is 4.36. The summed E-state index contributed by atoms with van der Waals surface area (Å²) in [6.07, 6.45) is -4.15. The van der Waals surface area contributed by atoms with Gasteiger partial charge in [0.2, 0.25) is 0 Å². The zero-order valence-corrected chi connectivity index (χ0v) is 11.2. The molecule has 0 atom stereocenters. The van der Waals surface area contributed by atoms with Gasteiger partial charge in [-0.05, 0) is 24.6 Å². The third-order valence-electron chi connectivity index (χ3n) is 2.46. The minimum atomic E-state index is -4.15. The molecule has 1 aromatic heterocycles. The first-order valence-electron chi connectivity index (χ1n) is 5.81. The Bertz CT molecular complexity index is 551. The lowest BCUT2D eigenvalue weighted by atomic mass is 10.2. The number of H-pyrrole nitrogens is 1. The second-order valence-electron chi connectivity index (χ2n) is 4.20. The van der Waals surface area contributed by atoms with E-state index in [0.29, 0.717) is 12.3 Å². The van der Waals surface area contributed by atoms with E-state index in [0.717, 1.165) is 21.8 Å². The van der Waals surface area contributed by atoms with E-state index in [1.54, 1.807) is 0 Å². The van der Waals surface area contributed by atoms with E-state index in [9.17, 15) is 13.2 Å². The number of aryl methyl sites for hydroxylation is 1. The topological polar surface area (TPSA) is 40.7 Å². The molecule has 104 valence electrons. The van der Waals surface area contributed by atoms with Gasteiger partial charge in [0.05, 0.1) is 17.6 Å². The van der Waals surface area contributed by atoms with E-state index in [4.69, 9.17) is 0 Å². The number of aromatic nitrogens is 2. The maximum atomic E-state index is 11.9. The fraction of sp³-hybridized carbons (Fsp3) is 0.417. The quantitative estimate of drug-likeness (QED) is 0.656. The Hall–Kier alpha value is -1.21. The number of thioether (sulfide) groups is 1. The van der Waals surface area contributed by atoms with Gasteiger partial charge in [0.1, 0.15) is 0 Å². The second-order valence-corrected chi connectivity index (χ2v) is 5.29. The number of hydrogen-bond acceptors (Lipinski definition) is 3. The highest BCUT2D eigenvalue weighted by molar-refractivity contribution is 7.99. The number of nitrogens with zero attached hydrogens (tertiary/aromatic N) is 1. The Morgan fingerprint density at radius 3 is 2.89 bits per heavy atom. The molecule has 7 heteroatoms. The van der Waals surface area contributed by atoms with Crippen molar-refractivity contribution in [2.75, 3.05) is 18.8 Å². The zero-order valence-electron chi connectivity index (χ0n) is 10.3. The van der Waals surface area contributed by atoms with Gasteiger partial charge in [-0.15, -0.1) is 0 Å². The third-order valence-corrected chi connectivity index (χ3v) is 3.33. The van der Waals surface area contributed by atoms with E-state index < -0.39 is 12.7 Å². The number of benzene rings is 1. The summed E-state index contributed by atoms with van der Waals surface area (Å²) in [7, 11) is 0. The van der Waals surface area contributed by atoms with E-state index in [1.807, 2.05) is 25.1 Å². The van der Waals surface area contributed by atoms with Crippen LogP contribution in [0.4, 0.5) is 13.2 Å². The zero-order chi connectivity index (χ0) is 13.9. The van der Waals surface area contributed by atoms with E-state index in [1.165, 1.54) is 11.8 Å². The van der Waals surface area contributed by atoms with E-state index in [-0.39, 0.29) is 0 Å². The van der Waals surface area contributed by atoms with Gasteiger partial charge in [-0.2, -0.15) is 13.2 Å². The molecular weight excluding hydrogens is 275 g/mol. The Labute approximate surface area is 113 Å². The summed E-state index contributed by atoms with van der Waals surface area (Å²) in [5.74, 6) is 0.537. The molecule has 1 heterocycles. The number of alkyl halides is 3. The standard InChI is InChI=1S/C12H14F3N3S/c1-8-2-3-9-10(6-8)18-11(17-9)19-5-4-16-7-12(13,14)15/h2-3,6,16H,4-5,7H2,1H3,(H,17,18). The highest BCUT2D eigenvalue weighted by atomic mass is 32.2. The molecule has 0 fully saturated rings. The summed E-state index contributed by atoms with van der Waals surface area (Å²) in [6, 6.07) is 5.89. The van der Waals surface area contributed by atoms with Crippen molar-refractivity contribution in [2.45, 2.75) is 18.3 Å². The van der Waals surface area contributed by atoms with Crippen LogP contribution in [0.15, 0.2) is 23.4 Å². The van der Waals surface area contributed by atoms with Crippen LogP contribution in [0, 0.1) is 6.92 Å². The van der Waals surface area contributed by atoms with Crippen LogP contribution >= 0.6 is 11.8 Å². The first-order chi connectivity index (χ1) is 8.94. The Morgan fingerprint density at radius 1 is 1.37 bits per heavy atom. The highest BCUT2D eigenvalue weighted by Gasteiger charge is 2.25. The van der Waals surface area contributed by atoms with Gasteiger partial charge >= 0.3 is 6.18 Å². The number of fused-ring (bicyclic) bond motifs is 1. The highest BCUT2D eigenvalue weighted by Crippen LogP contribution is 2.20. The first kappa shape index (κ1) is 14.2. The van der Waals surface area contributed by atoms with Crippen molar-refractivity contribution in [3.8, 4) is 0 Å². The molecule has 2 N–H and O–H groups in total. The lowest BCUT2D eigenvalue weighted by Crippen LogP contribution is -2.30. The van der Waals surface area contributed by atoms with Crippen LogP contribution in [0.3, 0.4) is 0 Å². The van der Waals surface area contributed by atoms with Crippen LogP contribution in [-0.2, 0) is 0 Å². The molecule has 3 nitrogen and oxygen atoms in total. The summed E-state index contributed by atoms with van der Waals surface area (Å²) in [6.45, 7) is 1.33. The second kappa shape index (κ2) is 5.83. The summed E-state index contributed by atoms with van der Waals surface area (Å²) >= 11 is 1.41. The Morgan fingerprint density at radius 2 is 2.16 bits per heavy atom. The number of hydrogen-bond donors (Lipinski definition) is 2. The van der Waals surface area contributed by atoms with Crippen LogP contribution in [0.2, 0.25) is 0 Å². The minimum absolute atomic E-state index is 0.292. The largest absolute Gasteiger partial charge is 0.401 e. The van der Waals surface area contributed by atoms with Crippen LogP contribution in [-0.4, -0.2) is 35.0 Å². The summed E-state index contributed by atoms with van der Waals surface area (Å²) < 4.78 is 35.7. The summed E-state index contributed by atoms with van der Waals surface area (Å²) in [5, 5.41) is 3.08. The first-order valence-corrected chi connectivity index (χ1v) is 6.79. The van der Waals surface area contributed by atoms with Crippen molar-refractivity contribution >= 4 is 22.8 Å². The maximum Gasteiger partial charge on any atom is 0.401 e. The fourth-order valence-electron chi connectivity index (χ4n) is 1.62. The van der Waals surface area contributed by atoms with Gasteiger partial charge in [-0.25, -0.2) is 4.98 Å². The molecule has 0 aliphatic rings. The molecule has 0 aliphatic heterocycles. The van der Waals surface area contributed by atoms with Gasteiger partial charge in [0.25, 0.3) is 0 Å². The number of halogens is 3. The SMILES string of the molecule is Cc1ccc2nc(SCCNCC(F)(F)F)[nH]c2c1. The number of nitrogens with one attached hydrogen (secondary N) is 2. The smallest absolute Gasteiger partial charge is 0.333 e. The van der Waals surface area contributed by atoms with Crippen LogP contribution in [0.5, 0.6) is 0 Å². The van der Waals surface area contributed by atoms with Crippen molar-refractivity contribution in [1.82, 2.24) is 15.3 Å². The van der Waals surface area contributed by atoms with Gasteiger partial charge in [-0.3, -0.25) is 0 Å². The molecule has 0 saturated carbocycles. The molecule has 0 unspecified atom stereocenters. The molecule has 0 bridgehead atoms. The van der Waals surface area contributed by atoms with Crippen LogP contribution in [0.1, 0.15) is 5.56 Å². The van der Waals surface area contributed by atoms with E-state index in [2.05, 4.69) is 15.3 Å². The van der Waals surface area contributed by atoms with E-state index >= 15 is 0 Å². The summed E-state index contributed by atoms with van der Waals surface area (Å²) in [5.41, 5.74) is 2.96. The molecule has 2 rings (SSSR count). The van der Waals surface area contributed by atoms with Crippen molar-refractivity contribution in [3.05, 3.63) is 23.8 Å². The van der Waals surface area contributed by atoms with Crippen molar-refractivity contribution in [1.29, 1.82) is 0 Å². The molecular formula is C12H14F3N3S. The molecule has 0 aliphatic carbocycles. The van der Waals surface area contributed by atoms with Crippen LogP contribution < -0.4 is 5.32 Å². The van der Waals surface area contributed by atoms with Gasteiger partial charge < -0.3 is 10.3 Å². The van der Waals surface area contributed by atoms with Crippen molar-refractivity contribution in [3.63, 3.8) is 0 Å². The number of aromatic amines is 1. The lowest BCUT2D eigenvalue weighted by Gasteiger charge is -2.06. The monoisotopic (exact) mass is 289 g/mol. The van der Waals surface area contributed by atoms with Crippen molar-refractivity contribution in [2.24, 2.45) is 0 Å². The minimum Gasteiger partial charge on any atom is -0.333 e. The fourth-order valence-corrected chi connectivity index (χ4v) is 2.40. The average Bonchev–Trinajstić information content (AvgIpc) is 2.68. The molecule has 1 aromatic carbocycles. The number of rotatable bonds is 5. The normalized spacial score (nSPS) is 12.2. The Balaban J connectivity index is 1.82. The molecule has 19 heavy (non-hydrogen) atoms. The lowest BCUT2D eigenvalue weighted by molar-refractivity contribution is -0.124. The predicted molar refractivity (Wildman–Crippen MR) is 70.5 cm³/mol. The molecule has 2 aromatic rings. The third kappa shape index (κ3) is 4.43. The predicted octanol–water partition coefficient (Wildman–Crippen LogP) is 3.12. The van der Waals surface area contributed by atoms with Gasteiger partial charge in [-0.1, -0.05) is 17.8 Å². The van der Waals surface area contributed by atoms with Gasteiger partial charge in [0, 0.05) is 12.3 Å². The average molecular weight is 289 g/mol. The molecule has 0 amide bonds. The maximum absolute atomic E-state index is 11.9. The molecule has 0 radical (unpaired) electrons. The van der Waals surface area contributed by atoms with Gasteiger partial charge in [0.15, 0.2) is 5.16 Å². The van der Waals surface area contributed by atoms with Crippen LogP contribution in [0.25, 0.3) is 11.0 Å². The number of imidazole rings is 1. The molecule has 0 spiro atoms. The molecule has 0 saturated heterocycles.